The highest BCUT2D eigenvalue weighted by Crippen LogP contribution is 2.27. The second kappa shape index (κ2) is 13.0. The van der Waals surface area contributed by atoms with Crippen LogP contribution in [0.25, 0.3) is 5.69 Å². The standard InChI is InChI=1S/C25H33N5O2S/c1-3-19-8-7-11-22(17-19)30-23(12-4-5-13-24(31)27-14-15-32-2)28-29-25(30)33-18-20-9-6-10-21(26)16-20/h6-11,16-17H,3-5,12-15,18,26H2,1-2H3,(H,27,31). The second-order valence-corrected chi connectivity index (χ2v) is 8.78. The Kier molecular flexibility index (Phi) is 9.77. The summed E-state index contributed by atoms with van der Waals surface area (Å²) in [5, 5.41) is 12.7. The van der Waals surface area contributed by atoms with Crippen molar-refractivity contribution in [1.82, 2.24) is 20.1 Å². The van der Waals surface area contributed by atoms with Crippen molar-refractivity contribution in [3.8, 4) is 5.69 Å². The summed E-state index contributed by atoms with van der Waals surface area (Å²) in [5.41, 5.74) is 10.2. The van der Waals surface area contributed by atoms with Crippen molar-refractivity contribution < 1.29 is 9.53 Å². The smallest absolute Gasteiger partial charge is 0.220 e. The zero-order chi connectivity index (χ0) is 23.5. The van der Waals surface area contributed by atoms with Gasteiger partial charge < -0.3 is 15.8 Å². The molecular weight excluding hydrogens is 434 g/mol. The molecule has 33 heavy (non-hydrogen) atoms. The summed E-state index contributed by atoms with van der Waals surface area (Å²) in [6, 6.07) is 16.4. The predicted octanol–water partition coefficient (Wildman–Crippen LogP) is 4.18. The number of aryl methyl sites for hydroxylation is 2. The monoisotopic (exact) mass is 467 g/mol. The Morgan fingerprint density at radius 3 is 2.73 bits per heavy atom. The lowest BCUT2D eigenvalue weighted by Crippen LogP contribution is -2.26. The number of anilines is 1. The zero-order valence-corrected chi connectivity index (χ0v) is 20.2. The van der Waals surface area contributed by atoms with Gasteiger partial charge in [0.25, 0.3) is 0 Å². The molecule has 2 aromatic carbocycles. The SMILES string of the molecule is CCc1cccc(-n2c(CCCCC(=O)NCCOC)nnc2SCc2cccc(N)c2)c1. The number of nitrogens with one attached hydrogen (secondary N) is 1. The molecule has 3 N–H and O–H groups in total. The van der Waals surface area contributed by atoms with Gasteiger partial charge in [-0.3, -0.25) is 9.36 Å². The quantitative estimate of drug-likeness (QED) is 0.222. The highest BCUT2D eigenvalue weighted by Gasteiger charge is 2.15. The van der Waals surface area contributed by atoms with E-state index in [1.807, 2.05) is 18.2 Å². The first kappa shape index (κ1) is 24.8. The topological polar surface area (TPSA) is 95.1 Å². The fourth-order valence-electron chi connectivity index (χ4n) is 3.51. The molecular formula is C25H33N5O2S. The van der Waals surface area contributed by atoms with Crippen molar-refractivity contribution in [2.75, 3.05) is 26.0 Å². The molecule has 3 aromatic rings. The summed E-state index contributed by atoms with van der Waals surface area (Å²) < 4.78 is 7.11. The van der Waals surface area contributed by atoms with Crippen LogP contribution in [0.2, 0.25) is 0 Å². The average Bonchev–Trinajstić information content (AvgIpc) is 3.23. The van der Waals surface area contributed by atoms with Gasteiger partial charge in [-0.25, -0.2) is 0 Å². The molecule has 1 amide bonds. The Morgan fingerprint density at radius 1 is 1.12 bits per heavy atom. The normalized spacial score (nSPS) is 11.0. The van der Waals surface area contributed by atoms with Gasteiger partial charge in [0, 0.05) is 43.6 Å². The van der Waals surface area contributed by atoms with Gasteiger partial charge in [0.2, 0.25) is 5.91 Å². The predicted molar refractivity (Wildman–Crippen MR) is 134 cm³/mol. The molecule has 0 saturated heterocycles. The first-order valence-electron chi connectivity index (χ1n) is 11.4. The molecule has 176 valence electrons. The number of amides is 1. The van der Waals surface area contributed by atoms with Crippen molar-refractivity contribution in [3.63, 3.8) is 0 Å². The highest BCUT2D eigenvalue weighted by molar-refractivity contribution is 7.98. The van der Waals surface area contributed by atoms with Crippen molar-refractivity contribution in [3.05, 3.63) is 65.5 Å². The number of methoxy groups -OCH3 is 1. The number of nitrogen functional groups attached to an aromatic ring is 1. The van der Waals surface area contributed by atoms with Gasteiger partial charge in [-0.05, 0) is 54.7 Å². The molecule has 0 unspecified atom stereocenters. The molecule has 3 rings (SSSR count). The molecule has 0 aliphatic rings. The largest absolute Gasteiger partial charge is 0.399 e. The van der Waals surface area contributed by atoms with E-state index >= 15 is 0 Å². The van der Waals surface area contributed by atoms with E-state index in [4.69, 9.17) is 10.5 Å². The van der Waals surface area contributed by atoms with E-state index in [9.17, 15) is 4.79 Å². The van der Waals surface area contributed by atoms with Crippen LogP contribution in [0, 0.1) is 0 Å². The van der Waals surface area contributed by atoms with Gasteiger partial charge in [-0.15, -0.1) is 10.2 Å². The lowest BCUT2D eigenvalue weighted by molar-refractivity contribution is -0.121. The second-order valence-electron chi connectivity index (χ2n) is 7.84. The van der Waals surface area contributed by atoms with E-state index < -0.39 is 0 Å². The zero-order valence-electron chi connectivity index (χ0n) is 19.4. The van der Waals surface area contributed by atoms with Gasteiger partial charge >= 0.3 is 0 Å². The Balaban J connectivity index is 1.69. The molecule has 1 aromatic heterocycles. The van der Waals surface area contributed by atoms with Crippen molar-refractivity contribution in [1.29, 1.82) is 0 Å². The summed E-state index contributed by atoms with van der Waals surface area (Å²) in [6.45, 7) is 3.23. The molecule has 0 atom stereocenters. The summed E-state index contributed by atoms with van der Waals surface area (Å²) in [5.74, 6) is 1.74. The number of ether oxygens (including phenoxy) is 1. The fourth-order valence-corrected chi connectivity index (χ4v) is 4.42. The van der Waals surface area contributed by atoms with Crippen LogP contribution >= 0.6 is 11.8 Å². The first-order chi connectivity index (χ1) is 16.1. The van der Waals surface area contributed by atoms with Crippen LogP contribution in [0.5, 0.6) is 0 Å². The number of carbonyl (C=O) groups excluding carboxylic acids is 1. The Bertz CT molecular complexity index is 1040. The van der Waals surface area contributed by atoms with Crippen molar-refractivity contribution in [2.45, 2.75) is 49.9 Å². The molecule has 8 heteroatoms. The number of hydrogen-bond donors (Lipinski definition) is 2. The maximum atomic E-state index is 11.9. The third kappa shape index (κ3) is 7.61. The van der Waals surface area contributed by atoms with Crippen LogP contribution in [0.4, 0.5) is 5.69 Å². The number of benzene rings is 2. The third-order valence-corrected chi connectivity index (χ3v) is 6.28. The summed E-state index contributed by atoms with van der Waals surface area (Å²) in [6.07, 6.45) is 3.89. The number of nitrogens with zero attached hydrogens (tertiary/aromatic N) is 3. The van der Waals surface area contributed by atoms with Crippen LogP contribution in [0.3, 0.4) is 0 Å². The number of rotatable bonds is 13. The van der Waals surface area contributed by atoms with Gasteiger partial charge in [-0.2, -0.15) is 0 Å². The van der Waals surface area contributed by atoms with Gasteiger partial charge in [-0.1, -0.05) is 43.0 Å². The number of unbranched alkanes of at least 4 members (excludes halogenated alkanes) is 1. The fraction of sp³-hybridized carbons (Fsp3) is 0.400. The maximum absolute atomic E-state index is 11.9. The first-order valence-corrected chi connectivity index (χ1v) is 12.4. The van der Waals surface area contributed by atoms with Crippen LogP contribution in [-0.2, 0) is 28.1 Å². The van der Waals surface area contributed by atoms with Crippen LogP contribution in [-0.4, -0.2) is 40.9 Å². The van der Waals surface area contributed by atoms with E-state index in [0.29, 0.717) is 19.6 Å². The van der Waals surface area contributed by atoms with Crippen LogP contribution in [0.15, 0.2) is 53.7 Å². The number of nitrogens with two attached hydrogens (primary N) is 1. The molecule has 0 aliphatic carbocycles. The molecule has 0 radical (unpaired) electrons. The Morgan fingerprint density at radius 2 is 1.94 bits per heavy atom. The number of aromatic nitrogens is 3. The number of thioether (sulfide) groups is 1. The van der Waals surface area contributed by atoms with E-state index in [0.717, 1.165) is 59.4 Å². The van der Waals surface area contributed by atoms with E-state index in [1.54, 1.807) is 18.9 Å². The van der Waals surface area contributed by atoms with E-state index in [1.165, 1.54) is 5.56 Å². The van der Waals surface area contributed by atoms with E-state index in [2.05, 4.69) is 57.3 Å². The molecule has 0 saturated carbocycles. The minimum absolute atomic E-state index is 0.0579. The average molecular weight is 468 g/mol. The highest BCUT2D eigenvalue weighted by atomic mass is 32.2. The lowest BCUT2D eigenvalue weighted by atomic mass is 10.1. The minimum atomic E-state index is 0.0579. The summed E-state index contributed by atoms with van der Waals surface area (Å²) in [7, 11) is 1.63. The summed E-state index contributed by atoms with van der Waals surface area (Å²) in [4.78, 5) is 11.9. The van der Waals surface area contributed by atoms with Crippen molar-refractivity contribution in [2.24, 2.45) is 0 Å². The molecule has 0 spiro atoms. The molecule has 0 fully saturated rings. The molecule has 7 nitrogen and oxygen atoms in total. The number of hydrogen-bond acceptors (Lipinski definition) is 6. The van der Waals surface area contributed by atoms with Gasteiger partial charge in [0.05, 0.1) is 6.61 Å². The lowest BCUT2D eigenvalue weighted by Gasteiger charge is -2.12. The third-order valence-electron chi connectivity index (χ3n) is 5.28. The van der Waals surface area contributed by atoms with Gasteiger partial charge in [0.15, 0.2) is 5.16 Å². The Hall–Kier alpha value is -2.84. The minimum Gasteiger partial charge on any atom is -0.399 e. The number of carbonyl (C=O) groups is 1. The molecule has 0 bridgehead atoms. The maximum Gasteiger partial charge on any atom is 0.220 e. The van der Waals surface area contributed by atoms with Crippen molar-refractivity contribution >= 4 is 23.4 Å². The van der Waals surface area contributed by atoms with Crippen LogP contribution in [0.1, 0.15) is 43.1 Å². The van der Waals surface area contributed by atoms with Crippen LogP contribution < -0.4 is 11.1 Å². The molecule has 1 heterocycles. The van der Waals surface area contributed by atoms with E-state index in [-0.39, 0.29) is 5.91 Å². The van der Waals surface area contributed by atoms with Gasteiger partial charge in [0.1, 0.15) is 5.82 Å². The Labute approximate surface area is 200 Å². The summed E-state index contributed by atoms with van der Waals surface area (Å²) >= 11 is 1.65. The molecule has 0 aliphatic heterocycles.